The molecule has 0 saturated heterocycles. The quantitative estimate of drug-likeness (QED) is 0.815. The Morgan fingerprint density at radius 1 is 1.37 bits per heavy atom. The minimum absolute atomic E-state index is 0.399. The highest BCUT2D eigenvalue weighted by Gasteiger charge is 2.30. The molecule has 108 valence electrons. The SMILES string of the molecule is CC(O)CN(C)CCSc1cccc(C(F)(F)F)c1. The number of benzene rings is 1. The number of aliphatic hydroxyl groups excluding tert-OH is 1. The lowest BCUT2D eigenvalue weighted by Gasteiger charge is -2.17. The zero-order chi connectivity index (χ0) is 14.5. The Balaban J connectivity index is 2.46. The third-order valence-electron chi connectivity index (χ3n) is 2.48. The Hall–Kier alpha value is -0.720. The number of hydrogen-bond acceptors (Lipinski definition) is 3. The second-order valence-electron chi connectivity index (χ2n) is 4.49. The lowest BCUT2D eigenvalue weighted by Crippen LogP contribution is -2.29. The molecule has 0 spiro atoms. The topological polar surface area (TPSA) is 23.5 Å². The van der Waals surface area contributed by atoms with E-state index in [2.05, 4.69) is 0 Å². The van der Waals surface area contributed by atoms with Crippen LogP contribution in [0.1, 0.15) is 12.5 Å². The van der Waals surface area contributed by atoms with Gasteiger partial charge < -0.3 is 10.0 Å². The summed E-state index contributed by atoms with van der Waals surface area (Å²) in [6, 6.07) is 5.34. The molecule has 2 nitrogen and oxygen atoms in total. The van der Waals surface area contributed by atoms with E-state index in [4.69, 9.17) is 0 Å². The van der Waals surface area contributed by atoms with Gasteiger partial charge in [-0.3, -0.25) is 0 Å². The summed E-state index contributed by atoms with van der Waals surface area (Å²) in [7, 11) is 1.87. The van der Waals surface area contributed by atoms with Crippen molar-refractivity contribution in [3.8, 4) is 0 Å². The first-order chi connectivity index (χ1) is 8.79. The van der Waals surface area contributed by atoms with Gasteiger partial charge in [-0.05, 0) is 32.2 Å². The molecule has 0 aliphatic rings. The van der Waals surface area contributed by atoms with E-state index in [9.17, 15) is 18.3 Å². The summed E-state index contributed by atoms with van der Waals surface area (Å²) in [5.41, 5.74) is -0.616. The van der Waals surface area contributed by atoms with Crippen molar-refractivity contribution in [1.82, 2.24) is 4.90 Å². The zero-order valence-electron chi connectivity index (χ0n) is 10.9. The van der Waals surface area contributed by atoms with Crippen molar-refractivity contribution in [3.63, 3.8) is 0 Å². The predicted molar refractivity (Wildman–Crippen MR) is 71.3 cm³/mol. The van der Waals surface area contributed by atoms with Crippen LogP contribution in [-0.2, 0) is 6.18 Å². The molecule has 0 saturated carbocycles. The maximum Gasteiger partial charge on any atom is 0.416 e. The minimum Gasteiger partial charge on any atom is -0.392 e. The van der Waals surface area contributed by atoms with Crippen LogP contribution in [0.4, 0.5) is 13.2 Å². The number of thioether (sulfide) groups is 1. The number of halogens is 3. The van der Waals surface area contributed by atoms with Crippen molar-refractivity contribution in [2.75, 3.05) is 25.9 Å². The van der Waals surface area contributed by atoms with Crippen LogP contribution in [0.25, 0.3) is 0 Å². The first-order valence-corrected chi connectivity index (χ1v) is 6.94. The maximum absolute atomic E-state index is 12.5. The van der Waals surface area contributed by atoms with Crippen molar-refractivity contribution in [1.29, 1.82) is 0 Å². The Morgan fingerprint density at radius 2 is 2.05 bits per heavy atom. The smallest absolute Gasteiger partial charge is 0.392 e. The molecule has 1 aromatic rings. The fourth-order valence-corrected chi connectivity index (χ4v) is 2.65. The molecule has 0 amide bonds. The molecule has 0 radical (unpaired) electrons. The van der Waals surface area contributed by atoms with Crippen LogP contribution < -0.4 is 0 Å². The van der Waals surface area contributed by atoms with Crippen molar-refractivity contribution in [2.24, 2.45) is 0 Å². The van der Waals surface area contributed by atoms with Gasteiger partial charge in [0.1, 0.15) is 0 Å². The first-order valence-electron chi connectivity index (χ1n) is 5.95. The van der Waals surface area contributed by atoms with Gasteiger partial charge in [-0.15, -0.1) is 11.8 Å². The summed E-state index contributed by atoms with van der Waals surface area (Å²) in [6.45, 7) is 2.98. The molecule has 0 aliphatic heterocycles. The number of alkyl halides is 3. The van der Waals surface area contributed by atoms with Crippen molar-refractivity contribution in [3.05, 3.63) is 29.8 Å². The van der Waals surface area contributed by atoms with E-state index in [1.807, 2.05) is 11.9 Å². The summed E-state index contributed by atoms with van der Waals surface area (Å²) in [6.07, 6.45) is -4.69. The second kappa shape index (κ2) is 7.17. The van der Waals surface area contributed by atoms with Gasteiger partial charge in [-0.1, -0.05) is 6.07 Å². The fraction of sp³-hybridized carbons (Fsp3) is 0.538. The van der Waals surface area contributed by atoms with Gasteiger partial charge in [0.2, 0.25) is 0 Å². The minimum atomic E-state index is -4.29. The molecule has 6 heteroatoms. The maximum atomic E-state index is 12.5. The molecule has 0 aromatic heterocycles. The number of rotatable bonds is 6. The van der Waals surface area contributed by atoms with Gasteiger partial charge in [0, 0.05) is 23.7 Å². The van der Waals surface area contributed by atoms with E-state index >= 15 is 0 Å². The van der Waals surface area contributed by atoms with E-state index < -0.39 is 17.8 Å². The van der Waals surface area contributed by atoms with Gasteiger partial charge in [0.25, 0.3) is 0 Å². The molecule has 1 atom stereocenters. The average molecular weight is 293 g/mol. The summed E-state index contributed by atoms with van der Waals surface area (Å²) >= 11 is 1.38. The van der Waals surface area contributed by atoms with E-state index in [0.29, 0.717) is 23.7 Å². The van der Waals surface area contributed by atoms with Crippen LogP contribution in [0, 0.1) is 0 Å². The van der Waals surface area contributed by atoms with Crippen molar-refractivity contribution < 1.29 is 18.3 Å². The predicted octanol–water partition coefficient (Wildman–Crippen LogP) is 3.11. The molecule has 1 aromatic carbocycles. The number of nitrogens with zero attached hydrogens (tertiary/aromatic N) is 1. The Kier molecular flexibility index (Phi) is 6.16. The third-order valence-corrected chi connectivity index (χ3v) is 3.45. The highest BCUT2D eigenvalue weighted by molar-refractivity contribution is 7.99. The highest BCUT2D eigenvalue weighted by Crippen LogP contribution is 2.31. The molecule has 0 fully saturated rings. The Labute approximate surface area is 115 Å². The fourth-order valence-electron chi connectivity index (χ4n) is 1.62. The molecule has 19 heavy (non-hydrogen) atoms. The second-order valence-corrected chi connectivity index (χ2v) is 5.65. The Bertz CT molecular complexity index is 396. The van der Waals surface area contributed by atoms with Gasteiger partial charge in [0.15, 0.2) is 0 Å². The molecule has 0 aliphatic carbocycles. The van der Waals surface area contributed by atoms with Crippen LogP contribution in [0.2, 0.25) is 0 Å². The van der Waals surface area contributed by atoms with Crippen LogP contribution in [0.5, 0.6) is 0 Å². The molecule has 1 unspecified atom stereocenters. The summed E-state index contributed by atoms with van der Waals surface area (Å²) in [5, 5.41) is 9.19. The largest absolute Gasteiger partial charge is 0.416 e. The van der Waals surface area contributed by atoms with E-state index in [0.717, 1.165) is 6.07 Å². The molecule has 0 heterocycles. The average Bonchev–Trinajstić information content (AvgIpc) is 2.27. The standard InChI is InChI=1S/C13H18F3NOS/c1-10(18)9-17(2)6-7-19-12-5-3-4-11(8-12)13(14,15)16/h3-5,8,10,18H,6-7,9H2,1-2H3. The zero-order valence-corrected chi connectivity index (χ0v) is 11.8. The van der Waals surface area contributed by atoms with E-state index in [-0.39, 0.29) is 0 Å². The number of hydrogen-bond donors (Lipinski definition) is 1. The van der Waals surface area contributed by atoms with Crippen LogP contribution in [-0.4, -0.2) is 42.0 Å². The van der Waals surface area contributed by atoms with Crippen LogP contribution in [0.15, 0.2) is 29.2 Å². The normalized spacial score (nSPS) is 13.8. The summed E-state index contributed by atoms with van der Waals surface area (Å²) in [5.74, 6) is 0.685. The molecule has 1 rings (SSSR count). The van der Waals surface area contributed by atoms with Gasteiger partial charge in [0.05, 0.1) is 11.7 Å². The van der Waals surface area contributed by atoms with Crippen LogP contribution >= 0.6 is 11.8 Å². The van der Waals surface area contributed by atoms with E-state index in [1.165, 1.54) is 23.9 Å². The molecule has 1 N–H and O–H groups in total. The van der Waals surface area contributed by atoms with Crippen LogP contribution in [0.3, 0.4) is 0 Å². The van der Waals surface area contributed by atoms with Gasteiger partial charge in [-0.2, -0.15) is 13.2 Å². The third kappa shape index (κ3) is 6.31. The number of aliphatic hydroxyl groups is 1. The lowest BCUT2D eigenvalue weighted by molar-refractivity contribution is -0.137. The monoisotopic (exact) mass is 293 g/mol. The molecule has 0 bridgehead atoms. The summed E-state index contributed by atoms with van der Waals surface area (Å²) in [4.78, 5) is 2.56. The van der Waals surface area contributed by atoms with Crippen molar-refractivity contribution >= 4 is 11.8 Å². The van der Waals surface area contributed by atoms with E-state index in [1.54, 1.807) is 13.0 Å². The molecular weight excluding hydrogens is 275 g/mol. The lowest BCUT2D eigenvalue weighted by atomic mass is 10.2. The van der Waals surface area contributed by atoms with Crippen molar-refractivity contribution in [2.45, 2.75) is 24.1 Å². The Morgan fingerprint density at radius 3 is 2.63 bits per heavy atom. The number of likely N-dealkylation sites (N-methyl/N-ethyl adjacent to an activating group) is 1. The van der Waals surface area contributed by atoms with Gasteiger partial charge >= 0.3 is 6.18 Å². The summed E-state index contributed by atoms with van der Waals surface area (Å²) < 4.78 is 37.5. The highest BCUT2D eigenvalue weighted by atomic mass is 32.2. The first kappa shape index (κ1) is 16.3. The molecular formula is C13H18F3NOS. The van der Waals surface area contributed by atoms with Gasteiger partial charge in [-0.25, -0.2) is 0 Å².